The zero-order valence-electron chi connectivity index (χ0n) is 12.7. The van der Waals surface area contributed by atoms with E-state index in [-0.39, 0.29) is 19.0 Å². The first kappa shape index (κ1) is 16.3. The molecule has 1 aromatic rings. The number of amides is 1. The fourth-order valence-electron chi connectivity index (χ4n) is 1.99. The average Bonchev–Trinajstić information content (AvgIpc) is 3.33. The van der Waals surface area contributed by atoms with Crippen molar-refractivity contribution in [2.45, 2.75) is 12.8 Å². The van der Waals surface area contributed by atoms with Gasteiger partial charge >= 0.3 is 5.97 Å². The van der Waals surface area contributed by atoms with E-state index in [2.05, 4.69) is 0 Å². The molecule has 0 bridgehead atoms. The number of carbonyl (C=O) groups excluding carboxylic acids is 1. The van der Waals surface area contributed by atoms with Crippen LogP contribution >= 0.6 is 0 Å². The highest BCUT2D eigenvalue weighted by Gasteiger charge is 2.22. The molecular weight excluding hydrogens is 286 g/mol. The molecule has 0 heterocycles. The molecule has 0 aliphatic heterocycles. The van der Waals surface area contributed by atoms with Gasteiger partial charge in [0.05, 0.1) is 13.2 Å². The number of carboxylic acids is 1. The van der Waals surface area contributed by atoms with Crippen LogP contribution in [0.1, 0.15) is 23.2 Å². The van der Waals surface area contributed by atoms with E-state index in [9.17, 15) is 9.59 Å². The predicted octanol–water partition coefficient (Wildman–Crippen LogP) is 1.65. The van der Waals surface area contributed by atoms with Gasteiger partial charge < -0.3 is 19.5 Å². The van der Waals surface area contributed by atoms with Crippen molar-refractivity contribution in [2.75, 3.05) is 33.4 Å². The van der Waals surface area contributed by atoms with Gasteiger partial charge in [0.15, 0.2) is 0 Å². The highest BCUT2D eigenvalue weighted by molar-refractivity contribution is 5.95. The molecule has 0 unspecified atom stereocenters. The predicted molar refractivity (Wildman–Crippen MR) is 80.1 cm³/mol. The van der Waals surface area contributed by atoms with Crippen LogP contribution in [-0.2, 0) is 9.53 Å². The lowest BCUT2D eigenvalue weighted by molar-refractivity contribution is -0.137. The molecule has 0 aromatic heterocycles. The Kier molecular flexibility index (Phi) is 5.77. The van der Waals surface area contributed by atoms with Crippen LogP contribution in [0.4, 0.5) is 0 Å². The zero-order valence-corrected chi connectivity index (χ0v) is 12.7. The molecule has 0 atom stereocenters. The number of carboxylic acid groups (broad SMARTS) is 1. The van der Waals surface area contributed by atoms with E-state index in [0.29, 0.717) is 24.7 Å². The Morgan fingerprint density at radius 3 is 2.50 bits per heavy atom. The first-order chi connectivity index (χ1) is 10.6. The molecule has 1 fully saturated rings. The monoisotopic (exact) mass is 307 g/mol. The standard InChI is InChI=1S/C16H21NO5/c1-21-9-8-17(10-15(18)19)16(20)13-4-6-14(7-5-13)22-11-12-2-3-12/h4-7,12H,2-3,8-11H2,1H3,(H,18,19). The molecular formula is C16H21NO5. The molecule has 0 spiro atoms. The fourth-order valence-corrected chi connectivity index (χ4v) is 1.99. The summed E-state index contributed by atoms with van der Waals surface area (Å²) in [5, 5.41) is 8.90. The van der Waals surface area contributed by atoms with Crippen LogP contribution in [0.5, 0.6) is 5.75 Å². The lowest BCUT2D eigenvalue weighted by Gasteiger charge is -2.20. The second-order valence-corrected chi connectivity index (χ2v) is 5.39. The topological polar surface area (TPSA) is 76.1 Å². The molecule has 6 heteroatoms. The first-order valence-corrected chi connectivity index (χ1v) is 7.33. The third-order valence-corrected chi connectivity index (χ3v) is 3.46. The summed E-state index contributed by atoms with van der Waals surface area (Å²) in [5.74, 6) is 0.0218. The molecule has 22 heavy (non-hydrogen) atoms. The largest absolute Gasteiger partial charge is 0.493 e. The molecule has 0 saturated heterocycles. The zero-order chi connectivity index (χ0) is 15.9. The summed E-state index contributed by atoms with van der Waals surface area (Å²) in [5.41, 5.74) is 0.441. The summed E-state index contributed by atoms with van der Waals surface area (Å²) in [4.78, 5) is 24.5. The molecule has 2 rings (SSSR count). The number of ether oxygens (including phenoxy) is 2. The minimum absolute atomic E-state index is 0.238. The van der Waals surface area contributed by atoms with Crippen molar-refractivity contribution in [1.82, 2.24) is 4.90 Å². The second-order valence-electron chi connectivity index (χ2n) is 5.39. The van der Waals surface area contributed by atoms with Crippen LogP contribution in [0.25, 0.3) is 0 Å². The number of rotatable bonds is 9. The van der Waals surface area contributed by atoms with Gasteiger partial charge in [-0.1, -0.05) is 0 Å². The average molecular weight is 307 g/mol. The highest BCUT2D eigenvalue weighted by Crippen LogP contribution is 2.29. The number of hydrogen-bond acceptors (Lipinski definition) is 4. The van der Waals surface area contributed by atoms with Gasteiger partial charge in [0, 0.05) is 19.2 Å². The third kappa shape index (κ3) is 5.04. The fraction of sp³-hybridized carbons (Fsp3) is 0.500. The molecule has 6 nitrogen and oxygen atoms in total. The third-order valence-electron chi connectivity index (χ3n) is 3.46. The number of aliphatic carboxylic acids is 1. The van der Waals surface area contributed by atoms with Crippen LogP contribution in [0.15, 0.2) is 24.3 Å². The van der Waals surface area contributed by atoms with Gasteiger partial charge in [-0.2, -0.15) is 0 Å². The maximum Gasteiger partial charge on any atom is 0.323 e. The van der Waals surface area contributed by atoms with Gasteiger partial charge in [-0.15, -0.1) is 0 Å². The number of hydrogen-bond donors (Lipinski definition) is 1. The highest BCUT2D eigenvalue weighted by atomic mass is 16.5. The minimum atomic E-state index is -1.05. The first-order valence-electron chi connectivity index (χ1n) is 7.33. The quantitative estimate of drug-likeness (QED) is 0.750. The maximum atomic E-state index is 12.3. The van der Waals surface area contributed by atoms with Gasteiger partial charge in [-0.25, -0.2) is 0 Å². The molecule has 1 saturated carbocycles. The summed E-state index contributed by atoms with van der Waals surface area (Å²) >= 11 is 0. The molecule has 1 N–H and O–H groups in total. The Labute approximate surface area is 129 Å². The van der Waals surface area contributed by atoms with E-state index in [1.165, 1.54) is 24.9 Å². The maximum absolute atomic E-state index is 12.3. The van der Waals surface area contributed by atoms with Crippen LogP contribution in [0.2, 0.25) is 0 Å². The van der Waals surface area contributed by atoms with E-state index in [1.54, 1.807) is 24.3 Å². The second kappa shape index (κ2) is 7.79. The number of methoxy groups -OCH3 is 1. The van der Waals surface area contributed by atoms with E-state index >= 15 is 0 Å². The SMILES string of the molecule is COCCN(CC(=O)O)C(=O)c1ccc(OCC2CC2)cc1. The van der Waals surface area contributed by atoms with Crippen molar-refractivity contribution >= 4 is 11.9 Å². The smallest absolute Gasteiger partial charge is 0.323 e. The molecule has 0 radical (unpaired) electrons. The Bertz CT molecular complexity index is 510. The van der Waals surface area contributed by atoms with Crippen LogP contribution < -0.4 is 4.74 Å². The minimum Gasteiger partial charge on any atom is -0.493 e. The summed E-state index contributed by atoms with van der Waals surface area (Å²) < 4.78 is 10.5. The van der Waals surface area contributed by atoms with Crippen molar-refractivity contribution in [1.29, 1.82) is 0 Å². The molecule has 1 aliphatic rings. The van der Waals surface area contributed by atoms with Gasteiger partial charge in [-0.05, 0) is 43.0 Å². The summed E-state index contributed by atoms with van der Waals surface area (Å²) in [7, 11) is 1.51. The number of benzene rings is 1. The van der Waals surface area contributed by atoms with Gasteiger partial charge in [-0.3, -0.25) is 9.59 Å². The van der Waals surface area contributed by atoms with Gasteiger partial charge in [0.1, 0.15) is 12.3 Å². The van der Waals surface area contributed by atoms with Crippen molar-refractivity contribution < 1.29 is 24.2 Å². The molecule has 1 amide bonds. The van der Waals surface area contributed by atoms with Crippen LogP contribution in [0, 0.1) is 5.92 Å². The Morgan fingerprint density at radius 2 is 1.95 bits per heavy atom. The molecule has 120 valence electrons. The van der Waals surface area contributed by atoms with E-state index in [1.807, 2.05) is 0 Å². The Morgan fingerprint density at radius 1 is 1.27 bits per heavy atom. The Balaban J connectivity index is 1.96. The lowest BCUT2D eigenvalue weighted by Crippen LogP contribution is -2.37. The summed E-state index contributed by atoms with van der Waals surface area (Å²) in [6.45, 7) is 0.900. The van der Waals surface area contributed by atoms with Crippen molar-refractivity contribution in [3.8, 4) is 5.75 Å². The van der Waals surface area contributed by atoms with Crippen molar-refractivity contribution in [3.63, 3.8) is 0 Å². The Hall–Kier alpha value is -2.08. The van der Waals surface area contributed by atoms with Gasteiger partial charge in [0.2, 0.25) is 0 Å². The van der Waals surface area contributed by atoms with Crippen LogP contribution in [-0.4, -0.2) is 55.3 Å². The molecule has 1 aromatic carbocycles. The number of carbonyl (C=O) groups is 2. The lowest BCUT2D eigenvalue weighted by atomic mass is 10.2. The van der Waals surface area contributed by atoms with E-state index in [4.69, 9.17) is 14.6 Å². The van der Waals surface area contributed by atoms with E-state index in [0.717, 1.165) is 5.75 Å². The number of nitrogens with zero attached hydrogens (tertiary/aromatic N) is 1. The van der Waals surface area contributed by atoms with Crippen LogP contribution in [0.3, 0.4) is 0 Å². The summed E-state index contributed by atoms with van der Waals surface area (Å²) in [6.07, 6.45) is 2.44. The normalized spacial score (nSPS) is 13.7. The summed E-state index contributed by atoms with van der Waals surface area (Å²) in [6, 6.07) is 6.80. The van der Waals surface area contributed by atoms with Crippen molar-refractivity contribution in [2.24, 2.45) is 5.92 Å². The van der Waals surface area contributed by atoms with Gasteiger partial charge in [0.25, 0.3) is 5.91 Å². The molecule has 1 aliphatic carbocycles. The van der Waals surface area contributed by atoms with Crippen molar-refractivity contribution in [3.05, 3.63) is 29.8 Å². The van der Waals surface area contributed by atoms with E-state index < -0.39 is 5.97 Å².